The molecular weight excluding hydrogens is 218 g/mol. The Morgan fingerprint density at radius 1 is 1.25 bits per heavy atom. The quantitative estimate of drug-likeness (QED) is 0.415. The number of hydrogen-bond donors (Lipinski definition) is 0. The van der Waals surface area contributed by atoms with E-state index in [-0.39, 0.29) is 17.6 Å². The Morgan fingerprint density at radius 3 is 2.62 bits per heavy atom. The van der Waals surface area contributed by atoms with Crippen LogP contribution in [0.2, 0.25) is 0 Å². The Balaban J connectivity index is 2.39. The van der Waals surface area contributed by atoms with Crippen molar-refractivity contribution < 1.29 is 23.1 Å². The topological polar surface area (TPSA) is 43.4 Å². The zero-order valence-corrected chi connectivity index (χ0v) is 8.00. The molecule has 0 aliphatic carbocycles. The van der Waals surface area contributed by atoms with Crippen LogP contribution in [0, 0.1) is 11.6 Å². The van der Waals surface area contributed by atoms with Gasteiger partial charge in [0.05, 0.1) is 6.42 Å². The number of esters is 2. The van der Waals surface area contributed by atoms with Crippen LogP contribution in [0.1, 0.15) is 12.0 Å². The fourth-order valence-electron chi connectivity index (χ4n) is 1.36. The van der Waals surface area contributed by atoms with Gasteiger partial charge in [-0.3, -0.25) is 4.79 Å². The molecule has 1 fully saturated rings. The lowest BCUT2D eigenvalue weighted by atomic mass is 10.1. The van der Waals surface area contributed by atoms with Gasteiger partial charge in [0, 0.05) is 11.1 Å². The van der Waals surface area contributed by atoms with E-state index in [1.807, 2.05) is 0 Å². The minimum absolute atomic E-state index is 0.0227. The summed E-state index contributed by atoms with van der Waals surface area (Å²) in [5.74, 6) is -2.78. The van der Waals surface area contributed by atoms with Gasteiger partial charge in [0.2, 0.25) is 0 Å². The van der Waals surface area contributed by atoms with E-state index in [1.165, 1.54) is 0 Å². The van der Waals surface area contributed by atoms with Crippen LogP contribution >= 0.6 is 0 Å². The molecule has 1 saturated heterocycles. The Hall–Kier alpha value is -2.04. The number of carbonyl (C=O) groups is 2. The summed E-state index contributed by atoms with van der Waals surface area (Å²) < 4.78 is 30.3. The highest BCUT2D eigenvalue weighted by Gasteiger charge is 2.27. The summed E-state index contributed by atoms with van der Waals surface area (Å²) in [5, 5.41) is 0. The largest absolute Gasteiger partial charge is 0.389 e. The van der Waals surface area contributed by atoms with Crippen LogP contribution in [0.15, 0.2) is 23.8 Å². The third-order valence-corrected chi connectivity index (χ3v) is 2.09. The number of halogens is 2. The maximum Gasteiger partial charge on any atom is 0.342 e. The molecule has 0 N–H and O–H groups in total. The first kappa shape index (κ1) is 10.5. The van der Waals surface area contributed by atoms with E-state index in [0.717, 1.165) is 24.3 Å². The normalized spacial score (nSPS) is 18.0. The molecule has 16 heavy (non-hydrogen) atoms. The van der Waals surface area contributed by atoms with Crippen LogP contribution in [0.3, 0.4) is 0 Å². The summed E-state index contributed by atoms with van der Waals surface area (Å²) in [6, 6.07) is 2.86. The second-order valence-corrected chi connectivity index (χ2v) is 3.27. The first-order valence-electron chi connectivity index (χ1n) is 4.47. The lowest BCUT2D eigenvalue weighted by Gasteiger charge is -1.97. The third kappa shape index (κ3) is 1.98. The van der Waals surface area contributed by atoms with Crippen molar-refractivity contribution in [1.82, 2.24) is 0 Å². The fourth-order valence-corrected chi connectivity index (χ4v) is 1.36. The molecule has 0 unspecified atom stereocenters. The predicted octanol–water partition coefficient (Wildman–Crippen LogP) is 1.82. The van der Waals surface area contributed by atoms with Crippen LogP contribution < -0.4 is 0 Å². The van der Waals surface area contributed by atoms with E-state index in [1.54, 1.807) is 0 Å². The van der Waals surface area contributed by atoms with E-state index < -0.39 is 23.6 Å². The summed E-state index contributed by atoms with van der Waals surface area (Å²) in [7, 11) is 0. The van der Waals surface area contributed by atoms with Crippen LogP contribution in [0.25, 0.3) is 6.08 Å². The highest BCUT2D eigenvalue weighted by Crippen LogP contribution is 2.20. The molecule has 1 aromatic carbocycles. The van der Waals surface area contributed by atoms with Crippen LogP contribution in [0.4, 0.5) is 8.78 Å². The maximum atomic E-state index is 13.2. The lowest BCUT2D eigenvalue weighted by Crippen LogP contribution is -1.97. The molecule has 0 aromatic heterocycles. The number of cyclic esters (lactones) is 2. The molecule has 0 atom stereocenters. The molecule has 2 rings (SSSR count). The highest BCUT2D eigenvalue weighted by molar-refractivity contribution is 6.08. The van der Waals surface area contributed by atoms with Gasteiger partial charge in [-0.05, 0) is 24.3 Å². The van der Waals surface area contributed by atoms with Crippen LogP contribution in [-0.2, 0) is 14.3 Å². The summed E-state index contributed by atoms with van der Waals surface area (Å²) in [4.78, 5) is 21.8. The standard InChI is InChI=1S/C11H6F2O3/c12-8-1-2-9(13)6(4-8)3-7-5-10(14)16-11(7)15/h1-4H,5H2/b7-3+. The minimum atomic E-state index is -0.811. The molecule has 0 saturated carbocycles. The summed E-state index contributed by atoms with van der Waals surface area (Å²) in [5.41, 5.74) is -0.0591. The average molecular weight is 224 g/mol. The number of carbonyl (C=O) groups excluding carboxylic acids is 2. The van der Waals surface area contributed by atoms with E-state index >= 15 is 0 Å². The van der Waals surface area contributed by atoms with Crippen molar-refractivity contribution in [3.05, 3.63) is 41.0 Å². The molecular formula is C11H6F2O3. The molecule has 3 nitrogen and oxygen atoms in total. The first-order valence-corrected chi connectivity index (χ1v) is 4.47. The molecule has 1 heterocycles. The Morgan fingerprint density at radius 2 is 2.00 bits per heavy atom. The van der Waals surface area contributed by atoms with Gasteiger partial charge in [0.15, 0.2) is 0 Å². The molecule has 5 heteroatoms. The van der Waals surface area contributed by atoms with Crippen molar-refractivity contribution >= 4 is 18.0 Å². The zero-order valence-electron chi connectivity index (χ0n) is 8.00. The maximum absolute atomic E-state index is 13.2. The molecule has 1 aliphatic rings. The van der Waals surface area contributed by atoms with E-state index in [9.17, 15) is 18.4 Å². The van der Waals surface area contributed by atoms with Crippen LogP contribution in [0.5, 0.6) is 0 Å². The second kappa shape index (κ2) is 3.84. The Labute approximate surface area is 89.3 Å². The smallest absolute Gasteiger partial charge is 0.342 e. The zero-order chi connectivity index (χ0) is 11.7. The van der Waals surface area contributed by atoms with Gasteiger partial charge >= 0.3 is 11.9 Å². The van der Waals surface area contributed by atoms with E-state index in [0.29, 0.717) is 0 Å². The minimum Gasteiger partial charge on any atom is -0.389 e. The number of ether oxygens (including phenoxy) is 1. The number of hydrogen-bond acceptors (Lipinski definition) is 3. The van der Waals surface area contributed by atoms with E-state index in [2.05, 4.69) is 4.74 Å². The number of benzene rings is 1. The van der Waals surface area contributed by atoms with Crippen molar-refractivity contribution in [2.45, 2.75) is 6.42 Å². The third-order valence-electron chi connectivity index (χ3n) is 2.09. The van der Waals surface area contributed by atoms with Gasteiger partial charge in [-0.2, -0.15) is 0 Å². The highest BCUT2D eigenvalue weighted by atomic mass is 19.1. The SMILES string of the molecule is O=C1C/C(=C\c2cc(F)ccc2F)C(=O)O1. The first-order chi connectivity index (χ1) is 7.56. The Bertz CT molecular complexity index is 506. The van der Waals surface area contributed by atoms with Gasteiger partial charge in [-0.25, -0.2) is 13.6 Å². The van der Waals surface area contributed by atoms with Crippen LogP contribution in [-0.4, -0.2) is 11.9 Å². The predicted molar refractivity (Wildman–Crippen MR) is 50.1 cm³/mol. The monoisotopic (exact) mass is 224 g/mol. The molecule has 82 valence electrons. The molecule has 1 aliphatic heterocycles. The van der Waals surface area contributed by atoms with Gasteiger partial charge in [-0.15, -0.1) is 0 Å². The van der Waals surface area contributed by atoms with Crippen molar-refractivity contribution in [2.75, 3.05) is 0 Å². The van der Waals surface area contributed by atoms with Crippen molar-refractivity contribution in [3.63, 3.8) is 0 Å². The van der Waals surface area contributed by atoms with E-state index in [4.69, 9.17) is 0 Å². The van der Waals surface area contributed by atoms with Gasteiger partial charge in [0.25, 0.3) is 0 Å². The molecule has 0 radical (unpaired) electrons. The van der Waals surface area contributed by atoms with Gasteiger partial charge in [0.1, 0.15) is 11.6 Å². The summed E-state index contributed by atoms with van der Waals surface area (Å²) in [6.45, 7) is 0. The van der Waals surface area contributed by atoms with Crippen molar-refractivity contribution in [1.29, 1.82) is 0 Å². The molecule has 0 bridgehead atoms. The molecule has 1 aromatic rings. The van der Waals surface area contributed by atoms with Crippen molar-refractivity contribution in [3.8, 4) is 0 Å². The van der Waals surface area contributed by atoms with Gasteiger partial charge in [-0.1, -0.05) is 0 Å². The second-order valence-electron chi connectivity index (χ2n) is 3.27. The fraction of sp³-hybridized carbons (Fsp3) is 0.0909. The Kier molecular flexibility index (Phi) is 2.52. The number of rotatable bonds is 1. The average Bonchev–Trinajstić information content (AvgIpc) is 2.51. The lowest BCUT2D eigenvalue weighted by molar-refractivity contribution is -0.151. The van der Waals surface area contributed by atoms with Gasteiger partial charge < -0.3 is 4.74 Å². The summed E-state index contributed by atoms with van der Waals surface area (Å²) in [6.07, 6.45) is 0.903. The molecule has 0 spiro atoms. The summed E-state index contributed by atoms with van der Waals surface area (Å²) >= 11 is 0. The molecule has 0 amide bonds. The van der Waals surface area contributed by atoms with Crippen molar-refractivity contribution in [2.24, 2.45) is 0 Å².